The summed E-state index contributed by atoms with van der Waals surface area (Å²) >= 11 is 1.92. The monoisotopic (exact) mass is 199 g/mol. The zero-order valence-electron chi connectivity index (χ0n) is 8.23. The lowest BCUT2D eigenvalue weighted by atomic mass is 10.3. The molecular formula is C9H17N3S. The Morgan fingerprint density at radius 2 is 2.46 bits per heavy atom. The van der Waals surface area contributed by atoms with Crippen molar-refractivity contribution in [2.75, 3.05) is 12.3 Å². The highest BCUT2D eigenvalue weighted by Crippen LogP contribution is 2.11. The van der Waals surface area contributed by atoms with Crippen LogP contribution in [0.5, 0.6) is 0 Å². The van der Waals surface area contributed by atoms with Crippen molar-refractivity contribution in [1.29, 1.82) is 0 Å². The normalized spacial score (nSPS) is 13.2. The molecule has 0 saturated heterocycles. The Hall–Kier alpha value is -0.480. The molecule has 1 heterocycles. The smallest absolute Gasteiger partial charge is 0.0492 e. The number of nitrogens with zero attached hydrogens (tertiary/aromatic N) is 2. The average molecular weight is 199 g/mol. The van der Waals surface area contributed by atoms with Crippen LogP contribution in [-0.4, -0.2) is 27.3 Å². The van der Waals surface area contributed by atoms with Gasteiger partial charge < -0.3 is 5.73 Å². The largest absolute Gasteiger partial charge is 0.329 e. The Morgan fingerprint density at radius 3 is 3.00 bits per heavy atom. The van der Waals surface area contributed by atoms with E-state index in [1.165, 1.54) is 5.69 Å². The van der Waals surface area contributed by atoms with Gasteiger partial charge in [0.2, 0.25) is 0 Å². The second-order valence-electron chi connectivity index (χ2n) is 3.11. The van der Waals surface area contributed by atoms with Crippen molar-refractivity contribution < 1.29 is 0 Å². The summed E-state index contributed by atoms with van der Waals surface area (Å²) in [4.78, 5) is 0. The highest BCUT2D eigenvalue weighted by atomic mass is 32.2. The van der Waals surface area contributed by atoms with Crippen LogP contribution in [0.3, 0.4) is 0 Å². The quantitative estimate of drug-likeness (QED) is 0.770. The van der Waals surface area contributed by atoms with Crippen LogP contribution < -0.4 is 5.73 Å². The number of hydrogen-bond donors (Lipinski definition) is 1. The summed E-state index contributed by atoms with van der Waals surface area (Å²) < 4.78 is 1.92. The third-order valence-electron chi connectivity index (χ3n) is 2.01. The minimum atomic E-state index is 0.563. The van der Waals surface area contributed by atoms with Gasteiger partial charge in [0.15, 0.2) is 0 Å². The molecule has 0 radical (unpaired) electrons. The second-order valence-corrected chi connectivity index (χ2v) is 4.66. The lowest BCUT2D eigenvalue weighted by molar-refractivity contribution is 0.719. The van der Waals surface area contributed by atoms with Crippen LogP contribution >= 0.6 is 11.8 Å². The van der Waals surface area contributed by atoms with Crippen molar-refractivity contribution in [2.24, 2.45) is 12.8 Å². The van der Waals surface area contributed by atoms with Crippen LogP contribution in [0, 0.1) is 0 Å². The summed E-state index contributed by atoms with van der Waals surface area (Å²) in [6, 6.07) is 2.06. The molecule has 0 spiro atoms. The molecule has 4 heteroatoms. The topological polar surface area (TPSA) is 43.8 Å². The number of rotatable bonds is 5. The summed E-state index contributed by atoms with van der Waals surface area (Å²) in [6.45, 7) is 2.92. The number of hydrogen-bond acceptors (Lipinski definition) is 3. The fourth-order valence-electron chi connectivity index (χ4n) is 1.08. The maximum atomic E-state index is 5.52. The van der Waals surface area contributed by atoms with E-state index < -0.39 is 0 Å². The predicted molar refractivity (Wildman–Crippen MR) is 57.9 cm³/mol. The van der Waals surface area contributed by atoms with Crippen LogP contribution in [0.4, 0.5) is 0 Å². The highest BCUT2D eigenvalue weighted by molar-refractivity contribution is 7.99. The Bertz CT molecular complexity index is 247. The molecule has 1 unspecified atom stereocenters. The van der Waals surface area contributed by atoms with E-state index in [0.29, 0.717) is 5.25 Å². The zero-order valence-corrected chi connectivity index (χ0v) is 9.05. The number of aryl methyl sites for hydroxylation is 2. The molecule has 1 aromatic heterocycles. The van der Waals surface area contributed by atoms with Crippen LogP contribution in [0.25, 0.3) is 0 Å². The van der Waals surface area contributed by atoms with Gasteiger partial charge in [0, 0.05) is 30.7 Å². The average Bonchev–Trinajstić information content (AvgIpc) is 2.52. The van der Waals surface area contributed by atoms with Crippen LogP contribution in [0.15, 0.2) is 12.3 Å². The molecule has 3 nitrogen and oxygen atoms in total. The molecule has 0 aliphatic rings. The Kier molecular flexibility index (Phi) is 4.32. The molecule has 0 saturated carbocycles. The number of aromatic nitrogens is 2. The van der Waals surface area contributed by atoms with Crippen LogP contribution in [-0.2, 0) is 13.5 Å². The van der Waals surface area contributed by atoms with Gasteiger partial charge in [-0.2, -0.15) is 16.9 Å². The molecule has 0 aliphatic heterocycles. The lowest BCUT2D eigenvalue weighted by Gasteiger charge is -2.07. The Balaban J connectivity index is 2.24. The molecule has 0 aliphatic carbocycles. The van der Waals surface area contributed by atoms with Crippen LogP contribution in [0.2, 0.25) is 0 Å². The molecule has 0 fully saturated rings. The molecule has 1 aromatic rings. The third kappa shape index (κ3) is 3.40. The summed E-state index contributed by atoms with van der Waals surface area (Å²) in [5.74, 6) is 1.12. The van der Waals surface area contributed by atoms with Crippen molar-refractivity contribution >= 4 is 11.8 Å². The van der Waals surface area contributed by atoms with Crippen molar-refractivity contribution in [1.82, 2.24) is 9.78 Å². The number of thioether (sulfide) groups is 1. The molecular weight excluding hydrogens is 182 g/mol. The van der Waals surface area contributed by atoms with E-state index in [9.17, 15) is 0 Å². The van der Waals surface area contributed by atoms with E-state index in [1.54, 1.807) is 0 Å². The van der Waals surface area contributed by atoms with E-state index in [-0.39, 0.29) is 0 Å². The van der Waals surface area contributed by atoms with Gasteiger partial charge in [-0.05, 0) is 18.2 Å². The summed E-state index contributed by atoms with van der Waals surface area (Å²) in [6.07, 6.45) is 2.91. The number of nitrogens with two attached hydrogens (primary N) is 1. The molecule has 2 N–H and O–H groups in total. The Labute approximate surface area is 83.7 Å². The standard InChI is InChI=1S/C9H17N3S/c1-8(7-10)13-6-4-9-3-5-11-12(9)2/h3,5,8H,4,6-7,10H2,1-2H3. The fraction of sp³-hybridized carbons (Fsp3) is 0.667. The molecule has 74 valence electrons. The third-order valence-corrected chi connectivity index (χ3v) is 3.22. The first kappa shape index (κ1) is 10.6. The molecule has 0 amide bonds. The zero-order chi connectivity index (χ0) is 9.68. The molecule has 13 heavy (non-hydrogen) atoms. The maximum absolute atomic E-state index is 5.52. The summed E-state index contributed by atoms with van der Waals surface area (Å²) in [7, 11) is 1.98. The van der Waals surface area contributed by atoms with Gasteiger partial charge in [-0.1, -0.05) is 6.92 Å². The Morgan fingerprint density at radius 1 is 1.69 bits per heavy atom. The van der Waals surface area contributed by atoms with Gasteiger partial charge >= 0.3 is 0 Å². The lowest BCUT2D eigenvalue weighted by Crippen LogP contribution is -2.13. The molecule has 0 bridgehead atoms. The van der Waals surface area contributed by atoms with Gasteiger partial charge in [0.1, 0.15) is 0 Å². The van der Waals surface area contributed by atoms with Crippen LogP contribution in [0.1, 0.15) is 12.6 Å². The summed E-state index contributed by atoms with van der Waals surface area (Å²) in [5, 5.41) is 4.68. The van der Waals surface area contributed by atoms with Gasteiger partial charge in [-0.25, -0.2) is 0 Å². The van der Waals surface area contributed by atoms with Gasteiger partial charge in [-0.3, -0.25) is 4.68 Å². The first-order valence-corrected chi connectivity index (χ1v) is 5.57. The minimum Gasteiger partial charge on any atom is -0.329 e. The summed E-state index contributed by atoms with van der Waals surface area (Å²) in [5.41, 5.74) is 6.81. The van der Waals surface area contributed by atoms with E-state index in [2.05, 4.69) is 18.1 Å². The van der Waals surface area contributed by atoms with Gasteiger partial charge in [0.25, 0.3) is 0 Å². The van der Waals surface area contributed by atoms with Gasteiger partial charge in [0.05, 0.1) is 0 Å². The first-order chi connectivity index (χ1) is 6.24. The van der Waals surface area contributed by atoms with Crippen molar-refractivity contribution in [2.45, 2.75) is 18.6 Å². The van der Waals surface area contributed by atoms with Crippen molar-refractivity contribution in [3.63, 3.8) is 0 Å². The highest BCUT2D eigenvalue weighted by Gasteiger charge is 2.01. The molecule has 1 atom stereocenters. The van der Waals surface area contributed by atoms with E-state index in [4.69, 9.17) is 5.73 Å². The SMILES string of the molecule is CC(CN)SCCc1ccnn1C. The second kappa shape index (κ2) is 5.29. The predicted octanol–water partition coefficient (Wildman–Crippen LogP) is 1.04. The van der Waals surface area contributed by atoms with Crippen molar-refractivity contribution in [3.8, 4) is 0 Å². The van der Waals surface area contributed by atoms with Crippen molar-refractivity contribution in [3.05, 3.63) is 18.0 Å². The van der Waals surface area contributed by atoms with E-state index in [1.807, 2.05) is 29.7 Å². The molecule has 1 rings (SSSR count). The van der Waals surface area contributed by atoms with Gasteiger partial charge in [-0.15, -0.1) is 0 Å². The first-order valence-electron chi connectivity index (χ1n) is 4.52. The fourth-order valence-corrected chi connectivity index (χ4v) is 1.94. The minimum absolute atomic E-state index is 0.563. The molecule has 0 aromatic carbocycles. The van der Waals surface area contributed by atoms with E-state index >= 15 is 0 Å². The van der Waals surface area contributed by atoms with E-state index in [0.717, 1.165) is 18.7 Å². The maximum Gasteiger partial charge on any atom is 0.0492 e.